The first kappa shape index (κ1) is 13.5. The van der Waals surface area contributed by atoms with Crippen molar-refractivity contribution in [2.75, 3.05) is 0 Å². The predicted octanol–water partition coefficient (Wildman–Crippen LogP) is 4.27. The van der Waals surface area contributed by atoms with Gasteiger partial charge in [-0.05, 0) is 18.4 Å². The number of carbonyl (C=O) groups is 1. The number of carboxylic acids is 1. The fraction of sp³-hybridized carbons (Fsp3) is 0.533. The van der Waals surface area contributed by atoms with Crippen molar-refractivity contribution >= 4 is 17.7 Å². The topological polar surface area (TPSA) is 37.3 Å². The molecule has 1 aliphatic rings. The lowest BCUT2D eigenvalue weighted by Gasteiger charge is -2.25. The van der Waals surface area contributed by atoms with Crippen LogP contribution < -0.4 is 0 Å². The predicted molar refractivity (Wildman–Crippen MR) is 75.9 cm³/mol. The van der Waals surface area contributed by atoms with E-state index in [1.165, 1.54) is 32.1 Å². The van der Waals surface area contributed by atoms with Gasteiger partial charge in [0, 0.05) is 10.5 Å². The van der Waals surface area contributed by atoms with E-state index in [4.69, 9.17) is 5.11 Å². The lowest BCUT2D eigenvalue weighted by Crippen LogP contribution is -2.12. The third kappa shape index (κ3) is 4.05. The molecule has 0 amide bonds. The van der Waals surface area contributed by atoms with Gasteiger partial charge >= 0.3 is 5.97 Å². The largest absolute Gasteiger partial charge is 0.481 e. The highest BCUT2D eigenvalue weighted by Crippen LogP contribution is 2.40. The molecule has 1 unspecified atom stereocenters. The van der Waals surface area contributed by atoms with Crippen LogP contribution >= 0.6 is 11.8 Å². The van der Waals surface area contributed by atoms with Gasteiger partial charge in [0.05, 0.1) is 6.42 Å². The molecule has 1 saturated carbocycles. The van der Waals surface area contributed by atoms with Gasteiger partial charge < -0.3 is 5.11 Å². The minimum Gasteiger partial charge on any atom is -0.481 e. The molecule has 1 aromatic rings. The first-order chi connectivity index (χ1) is 8.75. The maximum Gasteiger partial charge on any atom is 0.304 e. The maximum absolute atomic E-state index is 11.0. The van der Waals surface area contributed by atoms with Crippen molar-refractivity contribution in [3.8, 4) is 0 Å². The number of aliphatic carboxylic acids is 1. The fourth-order valence-corrected chi connectivity index (χ4v) is 4.13. The molecule has 2 nitrogen and oxygen atoms in total. The zero-order valence-electron chi connectivity index (χ0n) is 10.5. The second kappa shape index (κ2) is 6.83. The van der Waals surface area contributed by atoms with Crippen molar-refractivity contribution < 1.29 is 9.90 Å². The average molecular weight is 264 g/mol. The molecule has 1 aliphatic carbocycles. The summed E-state index contributed by atoms with van der Waals surface area (Å²) in [6.07, 6.45) is 6.65. The Hall–Kier alpha value is -0.960. The zero-order valence-corrected chi connectivity index (χ0v) is 11.4. The molecule has 1 fully saturated rings. The Labute approximate surface area is 113 Å². The number of carboxylic acid groups (broad SMARTS) is 1. The van der Waals surface area contributed by atoms with E-state index in [1.54, 1.807) is 0 Å². The summed E-state index contributed by atoms with van der Waals surface area (Å²) in [4.78, 5) is 11.0. The van der Waals surface area contributed by atoms with Crippen LogP contribution in [0.2, 0.25) is 0 Å². The van der Waals surface area contributed by atoms with Crippen LogP contribution in [-0.2, 0) is 4.79 Å². The summed E-state index contributed by atoms with van der Waals surface area (Å²) in [5.74, 6) is -0.702. The Morgan fingerprint density at radius 3 is 2.50 bits per heavy atom. The van der Waals surface area contributed by atoms with Crippen LogP contribution in [0.25, 0.3) is 0 Å². The van der Waals surface area contributed by atoms with Crippen molar-refractivity contribution in [3.05, 3.63) is 35.9 Å². The Bertz CT molecular complexity index is 371. The van der Waals surface area contributed by atoms with Crippen LogP contribution in [-0.4, -0.2) is 16.3 Å². The van der Waals surface area contributed by atoms with Crippen LogP contribution in [0.3, 0.4) is 0 Å². The van der Waals surface area contributed by atoms with Crippen molar-refractivity contribution in [1.29, 1.82) is 0 Å². The van der Waals surface area contributed by atoms with Crippen LogP contribution in [0.5, 0.6) is 0 Å². The second-order valence-electron chi connectivity index (χ2n) is 4.89. The quantitative estimate of drug-likeness (QED) is 0.863. The monoisotopic (exact) mass is 264 g/mol. The maximum atomic E-state index is 11.0. The molecular formula is C15H20O2S. The summed E-state index contributed by atoms with van der Waals surface area (Å²) in [6, 6.07) is 10.1. The fourth-order valence-electron chi connectivity index (χ4n) is 2.50. The molecule has 1 N–H and O–H groups in total. The highest BCUT2D eigenvalue weighted by atomic mass is 32.2. The van der Waals surface area contributed by atoms with E-state index in [0.29, 0.717) is 5.25 Å². The summed E-state index contributed by atoms with van der Waals surface area (Å²) in [7, 11) is 0. The Morgan fingerprint density at radius 1 is 1.22 bits per heavy atom. The van der Waals surface area contributed by atoms with Crippen LogP contribution in [0, 0.1) is 0 Å². The summed E-state index contributed by atoms with van der Waals surface area (Å²) in [5.41, 5.74) is 1.15. The van der Waals surface area contributed by atoms with E-state index in [9.17, 15) is 4.79 Å². The van der Waals surface area contributed by atoms with Crippen molar-refractivity contribution in [2.24, 2.45) is 0 Å². The molecule has 2 rings (SSSR count). The molecule has 1 atom stereocenters. The molecule has 3 heteroatoms. The van der Waals surface area contributed by atoms with Gasteiger partial charge in [-0.3, -0.25) is 4.79 Å². The van der Waals surface area contributed by atoms with Crippen LogP contribution in [0.4, 0.5) is 0 Å². The summed E-state index contributed by atoms with van der Waals surface area (Å²) < 4.78 is 0. The zero-order chi connectivity index (χ0) is 12.8. The van der Waals surface area contributed by atoms with E-state index >= 15 is 0 Å². The SMILES string of the molecule is O=C(O)CC(SC1CCCCC1)c1ccccc1. The van der Waals surface area contributed by atoms with Crippen molar-refractivity contribution in [3.63, 3.8) is 0 Å². The standard InChI is InChI=1S/C15H20O2S/c16-15(17)11-14(12-7-3-1-4-8-12)18-13-9-5-2-6-10-13/h1,3-4,7-8,13-14H,2,5-6,9-11H2,(H,16,17). The number of thioether (sulfide) groups is 1. The first-order valence-corrected chi connectivity index (χ1v) is 7.62. The molecule has 0 saturated heterocycles. The highest BCUT2D eigenvalue weighted by Gasteiger charge is 2.22. The molecule has 0 heterocycles. The molecule has 98 valence electrons. The lowest BCUT2D eigenvalue weighted by molar-refractivity contribution is -0.137. The smallest absolute Gasteiger partial charge is 0.304 e. The van der Waals surface area contributed by atoms with Gasteiger partial charge in [-0.25, -0.2) is 0 Å². The summed E-state index contributed by atoms with van der Waals surface area (Å²) >= 11 is 1.87. The Morgan fingerprint density at radius 2 is 1.89 bits per heavy atom. The molecule has 0 aliphatic heterocycles. The minimum absolute atomic E-state index is 0.104. The first-order valence-electron chi connectivity index (χ1n) is 6.68. The molecular weight excluding hydrogens is 244 g/mol. The van der Waals surface area contributed by atoms with E-state index in [2.05, 4.69) is 0 Å². The number of rotatable bonds is 5. The number of hydrogen-bond acceptors (Lipinski definition) is 2. The molecule has 18 heavy (non-hydrogen) atoms. The van der Waals surface area contributed by atoms with E-state index in [1.807, 2.05) is 42.1 Å². The average Bonchev–Trinajstić information content (AvgIpc) is 2.40. The summed E-state index contributed by atoms with van der Waals surface area (Å²) in [5, 5.41) is 9.81. The van der Waals surface area contributed by atoms with E-state index in [0.717, 1.165) is 5.56 Å². The van der Waals surface area contributed by atoms with Gasteiger partial charge in [-0.15, -0.1) is 11.8 Å². The number of benzene rings is 1. The molecule has 1 aromatic carbocycles. The van der Waals surface area contributed by atoms with Gasteiger partial charge in [0.15, 0.2) is 0 Å². The third-order valence-electron chi connectivity index (χ3n) is 3.44. The van der Waals surface area contributed by atoms with Crippen molar-refractivity contribution in [2.45, 2.75) is 49.0 Å². The van der Waals surface area contributed by atoms with E-state index in [-0.39, 0.29) is 11.7 Å². The lowest BCUT2D eigenvalue weighted by atomic mass is 10.0. The molecule has 0 aromatic heterocycles. The minimum atomic E-state index is -0.702. The van der Waals surface area contributed by atoms with Crippen LogP contribution in [0.1, 0.15) is 49.3 Å². The Balaban J connectivity index is 2.02. The van der Waals surface area contributed by atoms with Crippen molar-refractivity contribution in [1.82, 2.24) is 0 Å². The van der Waals surface area contributed by atoms with E-state index < -0.39 is 5.97 Å². The summed E-state index contributed by atoms with van der Waals surface area (Å²) in [6.45, 7) is 0. The normalized spacial score (nSPS) is 18.4. The van der Waals surface area contributed by atoms with Crippen LogP contribution in [0.15, 0.2) is 30.3 Å². The molecule has 0 spiro atoms. The molecule has 0 bridgehead atoms. The van der Waals surface area contributed by atoms with Gasteiger partial charge in [0.1, 0.15) is 0 Å². The third-order valence-corrected chi connectivity index (χ3v) is 5.06. The second-order valence-corrected chi connectivity index (χ2v) is 6.40. The number of hydrogen-bond donors (Lipinski definition) is 1. The van der Waals surface area contributed by atoms with Gasteiger partial charge in [0.2, 0.25) is 0 Å². The molecule has 0 radical (unpaired) electrons. The van der Waals surface area contributed by atoms with Gasteiger partial charge in [-0.1, -0.05) is 49.6 Å². The Kier molecular flexibility index (Phi) is 5.12. The van der Waals surface area contributed by atoms with Gasteiger partial charge in [0.25, 0.3) is 0 Å². The van der Waals surface area contributed by atoms with Gasteiger partial charge in [-0.2, -0.15) is 0 Å². The highest BCUT2D eigenvalue weighted by molar-refractivity contribution is 8.00.